The third kappa shape index (κ3) is 4.23. The Morgan fingerprint density at radius 3 is 1.71 bits per heavy atom. The Kier molecular flexibility index (Phi) is 6.52. The second-order valence-corrected chi connectivity index (χ2v) is 11.3. The molecule has 2 bridgehead atoms. The number of nitrogens with zero attached hydrogens (tertiary/aromatic N) is 2. The summed E-state index contributed by atoms with van der Waals surface area (Å²) in [5.41, 5.74) is 4.14. The van der Waals surface area contributed by atoms with E-state index in [2.05, 4.69) is 0 Å². The van der Waals surface area contributed by atoms with Gasteiger partial charge in [-0.05, 0) is 46.7 Å². The lowest BCUT2D eigenvalue weighted by atomic mass is 9.55. The Bertz CT molecular complexity index is 1480. The third-order valence-corrected chi connectivity index (χ3v) is 8.51. The lowest BCUT2D eigenvalue weighted by Gasteiger charge is -2.45. The molecule has 1 aliphatic heterocycles. The van der Waals surface area contributed by atoms with Crippen LogP contribution in [-0.2, 0) is 19.1 Å². The van der Waals surface area contributed by atoms with Gasteiger partial charge in [0, 0.05) is 29.5 Å². The minimum Gasteiger partial charge on any atom is -0.456 e. The van der Waals surface area contributed by atoms with Crippen molar-refractivity contribution < 1.29 is 28.8 Å². The molecule has 0 radical (unpaired) electrons. The normalized spacial score (nSPS) is 22.7. The van der Waals surface area contributed by atoms with Crippen LogP contribution in [0.15, 0.2) is 72.8 Å². The highest BCUT2D eigenvalue weighted by atomic mass is 16.6. The molecule has 0 N–H and O–H groups in total. The Morgan fingerprint density at radius 2 is 1.29 bits per heavy atom. The van der Waals surface area contributed by atoms with E-state index in [4.69, 9.17) is 4.74 Å². The highest BCUT2D eigenvalue weighted by molar-refractivity contribution is 6.10. The summed E-state index contributed by atoms with van der Waals surface area (Å²) in [7, 11) is 0. The largest absolute Gasteiger partial charge is 0.456 e. The van der Waals surface area contributed by atoms with Crippen LogP contribution in [0, 0.1) is 27.9 Å². The van der Waals surface area contributed by atoms with Crippen LogP contribution in [0.3, 0.4) is 0 Å². The molecule has 9 nitrogen and oxygen atoms in total. The first kappa shape index (κ1) is 26.6. The summed E-state index contributed by atoms with van der Waals surface area (Å²) < 4.78 is 5.39. The van der Waals surface area contributed by atoms with Crippen LogP contribution in [0.2, 0.25) is 0 Å². The van der Waals surface area contributed by atoms with Crippen molar-refractivity contribution in [1.82, 2.24) is 4.90 Å². The van der Waals surface area contributed by atoms with E-state index in [1.807, 2.05) is 62.4 Å². The Hall–Kier alpha value is -4.66. The first-order valence-corrected chi connectivity index (χ1v) is 13.7. The number of imide groups is 1. The number of non-ortho nitro benzene ring substituents is 1. The second kappa shape index (κ2) is 10.1. The number of ketones is 1. The van der Waals surface area contributed by atoms with Crippen molar-refractivity contribution >= 4 is 29.3 Å². The number of esters is 1. The molecule has 0 spiro atoms. The van der Waals surface area contributed by atoms with Gasteiger partial charge in [0.25, 0.3) is 5.69 Å². The number of amides is 2. The zero-order valence-corrected chi connectivity index (χ0v) is 22.6. The first-order chi connectivity index (χ1) is 19.7. The molecule has 1 fully saturated rings. The van der Waals surface area contributed by atoms with E-state index in [1.54, 1.807) is 0 Å². The second-order valence-electron chi connectivity index (χ2n) is 11.3. The van der Waals surface area contributed by atoms with Crippen molar-refractivity contribution in [2.45, 2.75) is 38.1 Å². The number of Topliss-reactive ketones (excluding diaryl/α,β-unsaturated/α-hetero) is 1. The van der Waals surface area contributed by atoms with Crippen molar-refractivity contribution in [3.63, 3.8) is 0 Å². The fraction of sp³-hybridized carbons (Fsp3) is 0.312. The first-order valence-electron chi connectivity index (χ1n) is 13.7. The SMILES string of the molecule is CC(C)C[C@H](C(=O)OCC(=O)c1ccc([N+](=O)[O-])cc1)N1C(=O)[C@@H]2C3c4ccccc4C(c4ccccc43)[C@H]2C1=O. The number of carbonyl (C=O) groups is 4. The van der Waals surface area contributed by atoms with E-state index in [-0.39, 0.29) is 47.2 Å². The van der Waals surface area contributed by atoms with Gasteiger partial charge < -0.3 is 4.74 Å². The lowest BCUT2D eigenvalue weighted by Crippen LogP contribution is -2.47. The Labute approximate surface area is 236 Å². The predicted octanol–water partition coefficient (Wildman–Crippen LogP) is 4.63. The molecule has 9 heteroatoms. The molecule has 1 heterocycles. The van der Waals surface area contributed by atoms with Crippen molar-refractivity contribution in [2.24, 2.45) is 17.8 Å². The highest BCUT2D eigenvalue weighted by Crippen LogP contribution is 2.61. The van der Waals surface area contributed by atoms with Crippen LogP contribution < -0.4 is 0 Å². The van der Waals surface area contributed by atoms with Gasteiger partial charge in [-0.1, -0.05) is 62.4 Å². The van der Waals surface area contributed by atoms with Gasteiger partial charge in [0.1, 0.15) is 6.04 Å². The number of rotatable bonds is 8. The van der Waals surface area contributed by atoms with E-state index >= 15 is 0 Å². The minimum atomic E-state index is -1.17. The predicted molar refractivity (Wildman–Crippen MR) is 147 cm³/mol. The topological polar surface area (TPSA) is 124 Å². The Morgan fingerprint density at radius 1 is 0.829 bits per heavy atom. The maximum atomic E-state index is 14.1. The van der Waals surface area contributed by atoms with Crippen molar-refractivity contribution in [1.29, 1.82) is 0 Å². The highest BCUT2D eigenvalue weighted by Gasteiger charge is 2.63. The molecule has 3 aliphatic carbocycles. The number of carbonyl (C=O) groups excluding carboxylic acids is 4. The summed E-state index contributed by atoms with van der Waals surface area (Å²) >= 11 is 0. The number of benzene rings is 3. The summed E-state index contributed by atoms with van der Waals surface area (Å²) in [6, 6.07) is 19.7. The molecule has 0 unspecified atom stereocenters. The van der Waals surface area contributed by atoms with Crippen LogP contribution in [0.5, 0.6) is 0 Å². The van der Waals surface area contributed by atoms with Gasteiger partial charge in [0.2, 0.25) is 11.8 Å². The van der Waals surface area contributed by atoms with Crippen LogP contribution in [0.25, 0.3) is 0 Å². The van der Waals surface area contributed by atoms with E-state index in [1.165, 1.54) is 24.3 Å². The summed E-state index contributed by atoms with van der Waals surface area (Å²) in [6.07, 6.45) is 0.191. The molecule has 2 amide bonds. The molecule has 0 aromatic heterocycles. The van der Waals surface area contributed by atoms with E-state index in [0.717, 1.165) is 27.2 Å². The van der Waals surface area contributed by atoms with Gasteiger partial charge >= 0.3 is 5.97 Å². The summed E-state index contributed by atoms with van der Waals surface area (Å²) in [5.74, 6) is -4.02. The molecular formula is C32H28N2O7. The van der Waals surface area contributed by atoms with Crippen LogP contribution in [-0.4, -0.2) is 46.0 Å². The summed E-state index contributed by atoms with van der Waals surface area (Å²) in [5, 5.41) is 10.9. The van der Waals surface area contributed by atoms with E-state index in [9.17, 15) is 29.3 Å². The summed E-state index contributed by atoms with van der Waals surface area (Å²) in [4.78, 5) is 65.8. The van der Waals surface area contributed by atoms with Gasteiger partial charge in [0.05, 0.1) is 16.8 Å². The molecule has 7 rings (SSSR count). The molecule has 1 saturated heterocycles. The van der Waals surface area contributed by atoms with Crippen LogP contribution in [0.1, 0.15) is 64.7 Å². The van der Waals surface area contributed by atoms with E-state index in [0.29, 0.717) is 0 Å². The average molecular weight is 553 g/mol. The standard InChI is InChI=1S/C32H28N2O7/c1-17(2)15-24(32(38)41-16-25(35)18-11-13-19(14-12-18)34(39)40)33-30(36)28-26-20-7-3-4-8-21(20)27(29(28)31(33)37)23-10-6-5-9-22(23)26/h3-14,17,24,26-29H,15-16H2,1-2H3/t24-,26?,27?,28-,29-/m1/s1. The number of nitro benzene ring substituents is 1. The van der Waals surface area contributed by atoms with Gasteiger partial charge in [-0.25, -0.2) is 4.79 Å². The number of hydrogen-bond donors (Lipinski definition) is 0. The van der Waals surface area contributed by atoms with Crippen molar-refractivity contribution in [3.8, 4) is 0 Å². The number of nitro groups is 1. The van der Waals surface area contributed by atoms with Crippen LogP contribution in [0.4, 0.5) is 5.69 Å². The zero-order chi connectivity index (χ0) is 29.0. The van der Waals surface area contributed by atoms with Crippen LogP contribution >= 0.6 is 0 Å². The number of likely N-dealkylation sites (tertiary alicyclic amines) is 1. The molecule has 3 atom stereocenters. The zero-order valence-electron chi connectivity index (χ0n) is 22.6. The van der Waals surface area contributed by atoms with Gasteiger partial charge in [-0.2, -0.15) is 0 Å². The van der Waals surface area contributed by atoms with Gasteiger partial charge in [-0.3, -0.25) is 29.4 Å². The fourth-order valence-electron chi connectivity index (χ4n) is 6.85. The lowest BCUT2D eigenvalue weighted by molar-refractivity contribution is -0.384. The summed E-state index contributed by atoms with van der Waals surface area (Å²) in [6.45, 7) is 3.15. The maximum Gasteiger partial charge on any atom is 0.329 e. The maximum absolute atomic E-state index is 14.1. The van der Waals surface area contributed by atoms with E-state index < -0.39 is 41.2 Å². The van der Waals surface area contributed by atoms with Crippen molar-refractivity contribution in [2.75, 3.05) is 6.61 Å². The smallest absolute Gasteiger partial charge is 0.329 e. The molecule has 208 valence electrons. The quantitative estimate of drug-likeness (QED) is 0.131. The fourth-order valence-corrected chi connectivity index (χ4v) is 6.85. The van der Waals surface area contributed by atoms with Crippen molar-refractivity contribution in [3.05, 3.63) is 111 Å². The molecular weight excluding hydrogens is 524 g/mol. The monoisotopic (exact) mass is 552 g/mol. The molecule has 41 heavy (non-hydrogen) atoms. The molecule has 3 aromatic carbocycles. The number of ether oxygens (including phenoxy) is 1. The minimum absolute atomic E-state index is 0.0488. The third-order valence-electron chi connectivity index (χ3n) is 8.51. The average Bonchev–Trinajstić information content (AvgIpc) is 3.24. The molecule has 3 aromatic rings. The van der Waals surface area contributed by atoms with Gasteiger partial charge in [0.15, 0.2) is 12.4 Å². The molecule has 0 saturated carbocycles. The molecule has 4 aliphatic rings. The Balaban J connectivity index is 1.28. The van der Waals surface area contributed by atoms with Gasteiger partial charge in [-0.15, -0.1) is 0 Å². The number of hydrogen-bond acceptors (Lipinski definition) is 7.